The summed E-state index contributed by atoms with van der Waals surface area (Å²) in [5.41, 5.74) is 2.49. The van der Waals surface area contributed by atoms with E-state index in [1.807, 2.05) is 18.2 Å². The molecule has 0 aromatic heterocycles. The molecule has 5 nitrogen and oxygen atoms in total. The quantitative estimate of drug-likeness (QED) is 0.865. The van der Waals surface area contributed by atoms with E-state index in [1.165, 1.54) is 0 Å². The molecule has 4 aliphatic rings. The van der Waals surface area contributed by atoms with E-state index in [4.69, 9.17) is 14.2 Å². The number of fused-ring (bicyclic) bond motifs is 5. The van der Waals surface area contributed by atoms with Crippen molar-refractivity contribution in [3.05, 3.63) is 47.3 Å². The van der Waals surface area contributed by atoms with Crippen molar-refractivity contribution in [3.8, 4) is 17.2 Å². The van der Waals surface area contributed by atoms with E-state index in [-0.39, 0.29) is 18.0 Å². The Morgan fingerprint density at radius 3 is 2.71 bits per heavy atom. The Kier molecular flexibility index (Phi) is 3.54. The average molecular weight is 382 g/mol. The number of nitrogens with one attached hydrogen (secondary N) is 1. The molecule has 0 aliphatic carbocycles. The number of ether oxygens (including phenoxy) is 3. The smallest absolute Gasteiger partial charge is 0.231 e. The topological polar surface area (TPSA) is 43.0 Å². The fraction of sp³-hybridized carbons (Fsp3) is 0.455. The first-order chi connectivity index (χ1) is 13.7. The maximum Gasteiger partial charge on any atom is 0.231 e. The highest BCUT2D eigenvalue weighted by atomic mass is 19.1. The number of hydrogen-bond acceptors (Lipinski definition) is 5. The van der Waals surface area contributed by atoms with Crippen LogP contribution in [0.1, 0.15) is 24.0 Å². The highest BCUT2D eigenvalue weighted by molar-refractivity contribution is 5.71. The van der Waals surface area contributed by atoms with Crippen LogP contribution in [0.25, 0.3) is 0 Å². The van der Waals surface area contributed by atoms with Crippen molar-refractivity contribution in [2.75, 3.05) is 44.5 Å². The zero-order valence-electron chi connectivity index (χ0n) is 15.7. The van der Waals surface area contributed by atoms with Gasteiger partial charge in [-0.15, -0.1) is 0 Å². The monoisotopic (exact) mass is 382 g/mol. The number of rotatable bonds is 2. The number of piperidine rings is 1. The number of anilines is 1. The van der Waals surface area contributed by atoms with Gasteiger partial charge in [0.2, 0.25) is 6.79 Å². The van der Waals surface area contributed by atoms with Crippen molar-refractivity contribution in [1.82, 2.24) is 5.32 Å². The van der Waals surface area contributed by atoms with Crippen LogP contribution in [0.4, 0.5) is 10.1 Å². The summed E-state index contributed by atoms with van der Waals surface area (Å²) in [6, 6.07) is 9.40. The van der Waals surface area contributed by atoms with E-state index < -0.39 is 0 Å². The summed E-state index contributed by atoms with van der Waals surface area (Å²) in [7, 11) is 0. The molecule has 4 heterocycles. The fourth-order valence-electron chi connectivity index (χ4n) is 5.29. The van der Waals surface area contributed by atoms with Gasteiger partial charge in [0.1, 0.15) is 18.2 Å². The number of benzene rings is 2. The molecule has 146 valence electrons. The molecule has 0 saturated carbocycles. The second-order valence-electron chi connectivity index (χ2n) is 8.28. The molecule has 4 aliphatic heterocycles. The molecule has 2 aromatic rings. The summed E-state index contributed by atoms with van der Waals surface area (Å²) in [6.07, 6.45) is 2.28. The predicted molar refractivity (Wildman–Crippen MR) is 103 cm³/mol. The van der Waals surface area contributed by atoms with Gasteiger partial charge in [-0.25, -0.2) is 4.39 Å². The van der Waals surface area contributed by atoms with Gasteiger partial charge in [-0.2, -0.15) is 0 Å². The minimum atomic E-state index is -0.360. The van der Waals surface area contributed by atoms with Crippen molar-refractivity contribution in [2.45, 2.75) is 18.3 Å². The van der Waals surface area contributed by atoms with Gasteiger partial charge in [0, 0.05) is 24.7 Å². The maximum absolute atomic E-state index is 15.0. The minimum Gasteiger partial charge on any atom is -0.492 e. The third-order valence-electron chi connectivity index (χ3n) is 6.68. The molecule has 6 heteroatoms. The van der Waals surface area contributed by atoms with Gasteiger partial charge in [0.05, 0.1) is 11.1 Å². The molecule has 1 N–H and O–H groups in total. The van der Waals surface area contributed by atoms with Crippen LogP contribution in [-0.4, -0.2) is 39.6 Å². The average Bonchev–Trinajstić information content (AvgIpc) is 3.39. The summed E-state index contributed by atoms with van der Waals surface area (Å²) < 4.78 is 32.2. The van der Waals surface area contributed by atoms with Gasteiger partial charge >= 0.3 is 0 Å². The molecule has 1 atom stereocenters. The molecule has 1 saturated heterocycles. The van der Waals surface area contributed by atoms with Crippen LogP contribution in [0.2, 0.25) is 0 Å². The third kappa shape index (κ3) is 2.27. The number of hydrogen-bond donors (Lipinski definition) is 1. The Morgan fingerprint density at radius 1 is 1.04 bits per heavy atom. The van der Waals surface area contributed by atoms with Crippen LogP contribution in [-0.2, 0) is 5.41 Å². The number of nitrogens with zero attached hydrogens (tertiary/aromatic N) is 1. The molecule has 0 bridgehead atoms. The zero-order chi connectivity index (χ0) is 18.7. The van der Waals surface area contributed by atoms with E-state index in [0.29, 0.717) is 12.5 Å². The van der Waals surface area contributed by atoms with E-state index in [2.05, 4.69) is 16.3 Å². The third-order valence-corrected chi connectivity index (χ3v) is 6.68. The first-order valence-corrected chi connectivity index (χ1v) is 10.1. The van der Waals surface area contributed by atoms with Crippen LogP contribution in [0.15, 0.2) is 30.3 Å². The Morgan fingerprint density at radius 2 is 1.86 bits per heavy atom. The normalized spacial score (nSPS) is 25.1. The van der Waals surface area contributed by atoms with E-state index in [1.54, 1.807) is 6.07 Å². The van der Waals surface area contributed by atoms with Gasteiger partial charge in [0.25, 0.3) is 0 Å². The Balaban J connectivity index is 1.44. The molecule has 6 rings (SSSR count). The summed E-state index contributed by atoms with van der Waals surface area (Å²) in [6.45, 7) is 4.46. The van der Waals surface area contributed by atoms with Gasteiger partial charge in [-0.1, -0.05) is 12.1 Å². The molecule has 2 aromatic carbocycles. The summed E-state index contributed by atoms with van der Waals surface area (Å²) >= 11 is 0. The molecule has 1 unspecified atom stereocenters. The van der Waals surface area contributed by atoms with Crippen LogP contribution >= 0.6 is 0 Å². The number of halogens is 1. The van der Waals surface area contributed by atoms with Gasteiger partial charge in [0.15, 0.2) is 11.5 Å². The van der Waals surface area contributed by atoms with Gasteiger partial charge < -0.3 is 24.4 Å². The standard InChI is InChI=1S/C22H23FN2O3/c23-17-3-1-2-15-21(17)25(10-14-4-6-24-7-5-14)11-22(15)12-26-18-9-20-19(8-16(18)22)27-13-28-20/h1-3,8-9,14,24H,4-7,10-13H2. The number of para-hydroxylation sites is 1. The summed E-state index contributed by atoms with van der Waals surface area (Å²) in [4.78, 5) is 2.25. The van der Waals surface area contributed by atoms with Crippen LogP contribution in [0.3, 0.4) is 0 Å². The second-order valence-corrected chi connectivity index (χ2v) is 8.28. The summed E-state index contributed by atoms with van der Waals surface area (Å²) in [5, 5.41) is 3.42. The molecule has 0 radical (unpaired) electrons. The van der Waals surface area contributed by atoms with Crippen molar-refractivity contribution in [1.29, 1.82) is 0 Å². The lowest BCUT2D eigenvalue weighted by molar-refractivity contribution is 0.173. The lowest BCUT2D eigenvalue weighted by Crippen LogP contribution is -2.40. The maximum atomic E-state index is 15.0. The van der Waals surface area contributed by atoms with E-state index in [9.17, 15) is 4.39 Å². The van der Waals surface area contributed by atoms with Gasteiger partial charge in [-0.05, 0) is 49.5 Å². The highest BCUT2D eigenvalue weighted by Crippen LogP contribution is 2.55. The van der Waals surface area contributed by atoms with Crippen LogP contribution in [0, 0.1) is 11.7 Å². The lowest BCUT2D eigenvalue weighted by atomic mass is 9.77. The molecule has 28 heavy (non-hydrogen) atoms. The zero-order valence-corrected chi connectivity index (χ0v) is 15.7. The highest BCUT2D eigenvalue weighted by Gasteiger charge is 2.51. The molecular formula is C22H23FN2O3. The van der Waals surface area contributed by atoms with Crippen molar-refractivity contribution < 1.29 is 18.6 Å². The first-order valence-electron chi connectivity index (χ1n) is 10.1. The Labute approximate surface area is 163 Å². The molecular weight excluding hydrogens is 359 g/mol. The van der Waals surface area contributed by atoms with Gasteiger partial charge in [-0.3, -0.25) is 0 Å². The van der Waals surface area contributed by atoms with Crippen molar-refractivity contribution in [2.24, 2.45) is 5.92 Å². The molecule has 1 fully saturated rings. The lowest BCUT2D eigenvalue weighted by Gasteiger charge is -2.30. The SMILES string of the molecule is Fc1cccc2c1N(CC1CCNCC1)CC21COc2cc3c(cc21)OCO3. The minimum absolute atomic E-state index is 0.141. The van der Waals surface area contributed by atoms with E-state index in [0.717, 1.165) is 73.1 Å². The molecule has 1 spiro atoms. The van der Waals surface area contributed by atoms with Crippen molar-refractivity contribution >= 4 is 5.69 Å². The van der Waals surface area contributed by atoms with Crippen LogP contribution < -0.4 is 24.4 Å². The van der Waals surface area contributed by atoms with Crippen molar-refractivity contribution in [3.63, 3.8) is 0 Å². The second kappa shape index (κ2) is 6.01. The first kappa shape index (κ1) is 16.5. The molecule has 0 amide bonds. The fourth-order valence-corrected chi connectivity index (χ4v) is 5.29. The Hall–Kier alpha value is -2.47. The summed E-state index contributed by atoms with van der Waals surface area (Å²) in [5.74, 6) is 2.74. The Bertz CT molecular complexity index is 944. The predicted octanol–water partition coefficient (Wildman–Crippen LogP) is 3.05. The van der Waals surface area contributed by atoms with E-state index >= 15 is 0 Å². The largest absolute Gasteiger partial charge is 0.492 e. The van der Waals surface area contributed by atoms with Crippen LogP contribution in [0.5, 0.6) is 17.2 Å².